The van der Waals surface area contributed by atoms with Gasteiger partial charge in [-0.3, -0.25) is 9.69 Å². The van der Waals surface area contributed by atoms with Crippen molar-refractivity contribution >= 4 is 15.7 Å². The van der Waals surface area contributed by atoms with Gasteiger partial charge in [0.25, 0.3) is 0 Å². The molecule has 0 bridgehead atoms. The second-order valence-corrected chi connectivity index (χ2v) is 7.54. The van der Waals surface area contributed by atoms with E-state index < -0.39 is 9.84 Å². The second kappa shape index (κ2) is 6.54. The summed E-state index contributed by atoms with van der Waals surface area (Å²) in [6.07, 6.45) is 8.91. The quantitative estimate of drug-likeness (QED) is 0.606. The molecule has 5 nitrogen and oxygen atoms in total. The molecule has 2 unspecified atom stereocenters. The Labute approximate surface area is 120 Å². The van der Waals surface area contributed by atoms with Gasteiger partial charge in [-0.2, -0.15) is 0 Å². The molecule has 2 heterocycles. The SMILES string of the molecule is CC=CC=CC(=O)NC1CS(=O)(=O)CC1N1CCCC1. The molecule has 0 radical (unpaired) electrons. The zero-order valence-electron chi connectivity index (χ0n) is 11.8. The third-order valence-electron chi connectivity index (χ3n) is 3.81. The van der Waals surface area contributed by atoms with E-state index >= 15 is 0 Å². The Kier molecular flexibility index (Phi) is 4.99. The van der Waals surface area contributed by atoms with Crippen LogP contribution in [0.2, 0.25) is 0 Å². The zero-order chi connectivity index (χ0) is 14.6. The maximum absolute atomic E-state index is 11.8. The lowest BCUT2D eigenvalue weighted by molar-refractivity contribution is -0.117. The number of hydrogen-bond acceptors (Lipinski definition) is 4. The highest BCUT2D eigenvalue weighted by Crippen LogP contribution is 2.22. The highest BCUT2D eigenvalue weighted by molar-refractivity contribution is 7.91. The third kappa shape index (κ3) is 3.93. The van der Waals surface area contributed by atoms with E-state index in [-0.39, 0.29) is 29.5 Å². The molecule has 0 aromatic heterocycles. The minimum absolute atomic E-state index is 0.0529. The number of nitrogens with zero attached hydrogens (tertiary/aromatic N) is 1. The van der Waals surface area contributed by atoms with Gasteiger partial charge in [-0.05, 0) is 32.9 Å². The van der Waals surface area contributed by atoms with Gasteiger partial charge in [0, 0.05) is 12.1 Å². The van der Waals surface area contributed by atoms with Crippen LogP contribution in [0.5, 0.6) is 0 Å². The lowest BCUT2D eigenvalue weighted by Gasteiger charge is -2.28. The smallest absolute Gasteiger partial charge is 0.244 e. The maximum Gasteiger partial charge on any atom is 0.244 e. The van der Waals surface area contributed by atoms with Gasteiger partial charge in [-0.15, -0.1) is 0 Å². The lowest BCUT2D eigenvalue weighted by atomic mass is 10.1. The van der Waals surface area contributed by atoms with Crippen molar-refractivity contribution in [1.82, 2.24) is 10.2 Å². The maximum atomic E-state index is 11.8. The summed E-state index contributed by atoms with van der Waals surface area (Å²) in [7, 11) is -3.05. The summed E-state index contributed by atoms with van der Waals surface area (Å²) in [5.41, 5.74) is 0. The van der Waals surface area contributed by atoms with Gasteiger partial charge in [-0.1, -0.05) is 18.2 Å². The van der Waals surface area contributed by atoms with Crippen molar-refractivity contribution in [3.63, 3.8) is 0 Å². The summed E-state index contributed by atoms with van der Waals surface area (Å²) in [4.78, 5) is 14.0. The molecule has 0 spiro atoms. The molecule has 0 aliphatic carbocycles. The molecule has 20 heavy (non-hydrogen) atoms. The van der Waals surface area contributed by atoms with E-state index in [0.717, 1.165) is 25.9 Å². The van der Waals surface area contributed by atoms with Crippen LogP contribution in [-0.2, 0) is 14.6 Å². The number of amides is 1. The summed E-state index contributed by atoms with van der Waals surface area (Å²) in [5, 5.41) is 2.84. The molecule has 0 aromatic carbocycles. The normalized spacial score (nSPS) is 30.4. The van der Waals surface area contributed by atoms with Crippen molar-refractivity contribution in [1.29, 1.82) is 0 Å². The Morgan fingerprint density at radius 3 is 2.55 bits per heavy atom. The van der Waals surface area contributed by atoms with E-state index in [2.05, 4.69) is 10.2 Å². The van der Waals surface area contributed by atoms with Gasteiger partial charge in [0.1, 0.15) is 0 Å². The first-order chi connectivity index (χ1) is 9.52. The van der Waals surface area contributed by atoms with E-state index in [4.69, 9.17) is 0 Å². The van der Waals surface area contributed by atoms with Crippen LogP contribution in [0.25, 0.3) is 0 Å². The average molecular weight is 298 g/mol. The Balaban J connectivity index is 2.01. The van der Waals surface area contributed by atoms with Gasteiger partial charge in [0.2, 0.25) is 5.91 Å². The number of sulfone groups is 1. The van der Waals surface area contributed by atoms with Crippen LogP contribution in [0.4, 0.5) is 0 Å². The van der Waals surface area contributed by atoms with Crippen LogP contribution in [0.15, 0.2) is 24.3 Å². The van der Waals surface area contributed by atoms with Crippen molar-refractivity contribution in [2.75, 3.05) is 24.6 Å². The van der Waals surface area contributed by atoms with Crippen LogP contribution >= 0.6 is 0 Å². The third-order valence-corrected chi connectivity index (χ3v) is 5.53. The van der Waals surface area contributed by atoms with Crippen molar-refractivity contribution in [3.8, 4) is 0 Å². The van der Waals surface area contributed by atoms with Crippen molar-refractivity contribution in [2.24, 2.45) is 0 Å². The molecule has 2 aliphatic rings. The van der Waals surface area contributed by atoms with Gasteiger partial charge in [-0.25, -0.2) is 8.42 Å². The second-order valence-electron chi connectivity index (χ2n) is 5.39. The van der Waals surface area contributed by atoms with Crippen LogP contribution in [0.1, 0.15) is 19.8 Å². The van der Waals surface area contributed by atoms with Crippen molar-refractivity contribution in [3.05, 3.63) is 24.3 Å². The molecule has 1 amide bonds. The minimum atomic E-state index is -3.05. The molecule has 2 aliphatic heterocycles. The Hall–Kier alpha value is -1.14. The summed E-state index contributed by atoms with van der Waals surface area (Å²) in [6, 6.07) is -0.359. The van der Waals surface area contributed by atoms with Crippen molar-refractivity contribution < 1.29 is 13.2 Å². The molecule has 112 valence electrons. The topological polar surface area (TPSA) is 66.5 Å². The number of carbonyl (C=O) groups is 1. The fraction of sp³-hybridized carbons (Fsp3) is 0.643. The summed E-state index contributed by atoms with van der Waals surface area (Å²) in [5.74, 6) is -0.0113. The van der Waals surface area contributed by atoms with Crippen LogP contribution in [0.3, 0.4) is 0 Å². The predicted molar refractivity (Wildman–Crippen MR) is 79.1 cm³/mol. The van der Waals surface area contributed by atoms with E-state index in [1.807, 2.05) is 13.0 Å². The summed E-state index contributed by atoms with van der Waals surface area (Å²) in [6.45, 7) is 3.73. The van der Waals surface area contributed by atoms with Crippen molar-refractivity contribution in [2.45, 2.75) is 31.8 Å². The average Bonchev–Trinajstić information content (AvgIpc) is 2.97. The Morgan fingerprint density at radius 2 is 1.90 bits per heavy atom. The minimum Gasteiger partial charge on any atom is -0.347 e. The molecular weight excluding hydrogens is 276 g/mol. The summed E-state index contributed by atoms with van der Waals surface area (Å²) >= 11 is 0. The first-order valence-corrected chi connectivity index (χ1v) is 8.88. The molecular formula is C14H22N2O3S. The molecule has 6 heteroatoms. The number of hydrogen-bond donors (Lipinski definition) is 1. The first kappa shape index (κ1) is 15.3. The molecule has 2 saturated heterocycles. The fourth-order valence-electron chi connectivity index (χ4n) is 2.88. The monoisotopic (exact) mass is 298 g/mol. The highest BCUT2D eigenvalue weighted by Gasteiger charge is 2.42. The van der Waals surface area contributed by atoms with E-state index in [1.54, 1.807) is 12.2 Å². The molecule has 2 fully saturated rings. The molecule has 2 rings (SSSR count). The molecule has 0 saturated carbocycles. The molecule has 2 atom stereocenters. The van der Waals surface area contributed by atoms with Crippen LogP contribution in [-0.4, -0.2) is 55.9 Å². The molecule has 1 N–H and O–H groups in total. The van der Waals surface area contributed by atoms with E-state index in [1.165, 1.54) is 6.08 Å². The molecule has 0 aromatic rings. The number of carbonyl (C=O) groups excluding carboxylic acids is 1. The lowest BCUT2D eigenvalue weighted by Crippen LogP contribution is -2.49. The zero-order valence-corrected chi connectivity index (χ0v) is 12.6. The fourth-order valence-corrected chi connectivity index (χ4v) is 4.84. The standard InChI is InChI=1S/C14H22N2O3S/c1-2-3-4-7-14(17)15-12-10-20(18,19)11-13(12)16-8-5-6-9-16/h2-4,7,12-13H,5-6,8-11H2,1H3,(H,15,17). The van der Waals surface area contributed by atoms with E-state index in [0.29, 0.717) is 0 Å². The van der Waals surface area contributed by atoms with Gasteiger partial charge < -0.3 is 5.32 Å². The van der Waals surface area contributed by atoms with Crippen LogP contribution < -0.4 is 5.32 Å². The number of likely N-dealkylation sites (tertiary alicyclic amines) is 1. The van der Waals surface area contributed by atoms with Gasteiger partial charge in [0.15, 0.2) is 9.84 Å². The van der Waals surface area contributed by atoms with Gasteiger partial charge in [0.05, 0.1) is 17.5 Å². The Morgan fingerprint density at radius 1 is 1.20 bits per heavy atom. The van der Waals surface area contributed by atoms with E-state index in [9.17, 15) is 13.2 Å². The number of allylic oxidation sites excluding steroid dienone is 3. The number of nitrogens with one attached hydrogen (secondary N) is 1. The largest absolute Gasteiger partial charge is 0.347 e. The van der Waals surface area contributed by atoms with Gasteiger partial charge >= 0.3 is 0 Å². The van der Waals surface area contributed by atoms with Crippen LogP contribution in [0, 0.1) is 0 Å². The first-order valence-electron chi connectivity index (χ1n) is 7.06. The predicted octanol–water partition coefficient (Wildman–Crippen LogP) is 0.496. The number of rotatable bonds is 4. The highest BCUT2D eigenvalue weighted by atomic mass is 32.2. The summed E-state index contributed by atoms with van der Waals surface area (Å²) < 4.78 is 23.7. The Bertz CT molecular complexity index is 505.